The lowest BCUT2D eigenvalue weighted by molar-refractivity contribution is -0.139. The summed E-state index contributed by atoms with van der Waals surface area (Å²) in [6.07, 6.45) is 0.104. The van der Waals surface area contributed by atoms with Gasteiger partial charge in [-0.2, -0.15) is 4.72 Å². The molecule has 0 aromatic heterocycles. The summed E-state index contributed by atoms with van der Waals surface area (Å²) in [6, 6.07) is 1.93. The SMILES string of the molecule is COc1ccc(S(=O)(=O)NC(CC(C)C)C(=O)O)c(F)c1. The Bertz CT molecular complexity index is 615. The van der Waals surface area contributed by atoms with Crippen molar-refractivity contribution in [1.82, 2.24) is 4.72 Å². The van der Waals surface area contributed by atoms with Crippen molar-refractivity contribution in [3.8, 4) is 5.75 Å². The third-order valence-corrected chi connectivity index (χ3v) is 4.24. The molecular formula is C13H18FNO5S. The van der Waals surface area contributed by atoms with E-state index in [1.165, 1.54) is 13.2 Å². The highest BCUT2D eigenvalue weighted by atomic mass is 32.2. The summed E-state index contributed by atoms with van der Waals surface area (Å²) < 4.78 is 44.8. The van der Waals surface area contributed by atoms with Gasteiger partial charge in [0.1, 0.15) is 22.5 Å². The lowest BCUT2D eigenvalue weighted by Crippen LogP contribution is -2.41. The number of halogens is 1. The molecule has 0 aliphatic heterocycles. The number of carboxylic acids is 1. The number of rotatable bonds is 7. The van der Waals surface area contributed by atoms with Crippen LogP contribution in [0.2, 0.25) is 0 Å². The average Bonchev–Trinajstić information content (AvgIpc) is 2.36. The van der Waals surface area contributed by atoms with Crippen LogP contribution in [0.1, 0.15) is 20.3 Å². The molecule has 0 saturated carbocycles. The van der Waals surface area contributed by atoms with E-state index in [1.807, 2.05) is 4.72 Å². The molecule has 21 heavy (non-hydrogen) atoms. The molecule has 0 radical (unpaired) electrons. The van der Waals surface area contributed by atoms with Crippen LogP contribution < -0.4 is 9.46 Å². The van der Waals surface area contributed by atoms with Gasteiger partial charge in [-0.3, -0.25) is 4.79 Å². The Morgan fingerprint density at radius 3 is 2.48 bits per heavy atom. The van der Waals surface area contributed by atoms with Crippen LogP contribution in [0, 0.1) is 11.7 Å². The summed E-state index contributed by atoms with van der Waals surface area (Å²) in [7, 11) is -2.94. The van der Waals surface area contributed by atoms with E-state index >= 15 is 0 Å². The standard InChI is InChI=1S/C13H18FNO5S/c1-8(2)6-11(13(16)17)15-21(18,19)12-5-4-9(20-3)7-10(12)14/h4-5,7-8,11,15H,6H2,1-3H3,(H,16,17). The predicted octanol–water partition coefficient (Wildman–Crippen LogP) is 1.61. The molecule has 0 aliphatic carbocycles. The number of ether oxygens (including phenoxy) is 1. The molecule has 0 spiro atoms. The van der Waals surface area contributed by atoms with Crippen molar-refractivity contribution in [2.75, 3.05) is 7.11 Å². The number of sulfonamides is 1. The molecular weight excluding hydrogens is 301 g/mol. The molecule has 8 heteroatoms. The lowest BCUT2D eigenvalue weighted by atomic mass is 10.1. The number of hydrogen-bond donors (Lipinski definition) is 2. The fraction of sp³-hybridized carbons (Fsp3) is 0.462. The van der Waals surface area contributed by atoms with Crippen LogP contribution in [-0.4, -0.2) is 32.6 Å². The third kappa shape index (κ3) is 4.68. The lowest BCUT2D eigenvalue weighted by Gasteiger charge is -2.17. The molecule has 6 nitrogen and oxygen atoms in total. The zero-order valence-electron chi connectivity index (χ0n) is 12.0. The molecule has 1 aromatic carbocycles. The minimum Gasteiger partial charge on any atom is -0.497 e. The number of benzene rings is 1. The van der Waals surface area contributed by atoms with Gasteiger partial charge in [-0.05, 0) is 24.5 Å². The first-order chi connectivity index (χ1) is 9.67. The molecule has 1 atom stereocenters. The summed E-state index contributed by atoms with van der Waals surface area (Å²) in [5.41, 5.74) is 0. The Kier molecular flexibility index (Phi) is 5.68. The largest absolute Gasteiger partial charge is 0.497 e. The van der Waals surface area contributed by atoms with E-state index < -0.39 is 32.7 Å². The van der Waals surface area contributed by atoms with E-state index in [1.54, 1.807) is 13.8 Å². The Balaban J connectivity index is 3.07. The number of hydrogen-bond acceptors (Lipinski definition) is 4. The Morgan fingerprint density at radius 2 is 2.05 bits per heavy atom. The van der Waals surface area contributed by atoms with E-state index in [9.17, 15) is 17.6 Å². The van der Waals surface area contributed by atoms with Crippen LogP contribution in [0.5, 0.6) is 5.75 Å². The summed E-state index contributed by atoms with van der Waals surface area (Å²) in [6.45, 7) is 3.52. The van der Waals surface area contributed by atoms with Gasteiger partial charge in [-0.15, -0.1) is 0 Å². The van der Waals surface area contributed by atoms with Crippen LogP contribution in [0.15, 0.2) is 23.1 Å². The van der Waals surface area contributed by atoms with Crippen LogP contribution in [0.3, 0.4) is 0 Å². The molecule has 0 aliphatic rings. The van der Waals surface area contributed by atoms with Gasteiger partial charge in [0.2, 0.25) is 10.0 Å². The zero-order chi connectivity index (χ0) is 16.2. The van der Waals surface area contributed by atoms with Crippen LogP contribution in [-0.2, 0) is 14.8 Å². The van der Waals surface area contributed by atoms with Gasteiger partial charge < -0.3 is 9.84 Å². The number of nitrogens with one attached hydrogen (secondary N) is 1. The van der Waals surface area contributed by atoms with Crippen molar-refractivity contribution in [1.29, 1.82) is 0 Å². The zero-order valence-corrected chi connectivity index (χ0v) is 12.8. The second-order valence-corrected chi connectivity index (χ2v) is 6.62. The Hall–Kier alpha value is -1.67. The van der Waals surface area contributed by atoms with E-state index in [2.05, 4.69) is 0 Å². The molecule has 1 rings (SSSR count). The fourth-order valence-electron chi connectivity index (χ4n) is 1.75. The van der Waals surface area contributed by atoms with Gasteiger partial charge in [-0.25, -0.2) is 12.8 Å². The van der Waals surface area contributed by atoms with Crippen molar-refractivity contribution in [2.45, 2.75) is 31.2 Å². The molecule has 0 amide bonds. The minimum atomic E-state index is -4.27. The molecule has 0 fully saturated rings. The normalized spacial score (nSPS) is 13.2. The van der Waals surface area contributed by atoms with Gasteiger partial charge in [0.15, 0.2) is 0 Å². The van der Waals surface area contributed by atoms with E-state index in [0.29, 0.717) is 0 Å². The van der Waals surface area contributed by atoms with Gasteiger partial charge in [-0.1, -0.05) is 13.8 Å². The second kappa shape index (κ2) is 6.86. The highest BCUT2D eigenvalue weighted by Gasteiger charge is 2.28. The summed E-state index contributed by atoms with van der Waals surface area (Å²) in [5.74, 6) is -2.17. The van der Waals surface area contributed by atoms with Crippen molar-refractivity contribution < 1.29 is 27.4 Å². The molecule has 1 aromatic rings. The molecule has 0 bridgehead atoms. The Morgan fingerprint density at radius 1 is 1.43 bits per heavy atom. The van der Waals surface area contributed by atoms with Gasteiger partial charge in [0.25, 0.3) is 0 Å². The molecule has 1 unspecified atom stereocenters. The van der Waals surface area contributed by atoms with E-state index in [-0.39, 0.29) is 18.1 Å². The predicted molar refractivity (Wildman–Crippen MR) is 74.2 cm³/mol. The quantitative estimate of drug-likeness (QED) is 0.796. The number of methoxy groups -OCH3 is 1. The third-order valence-electron chi connectivity index (χ3n) is 2.73. The van der Waals surface area contributed by atoms with Crippen molar-refractivity contribution >= 4 is 16.0 Å². The van der Waals surface area contributed by atoms with Gasteiger partial charge >= 0.3 is 5.97 Å². The van der Waals surface area contributed by atoms with Crippen molar-refractivity contribution in [3.63, 3.8) is 0 Å². The summed E-state index contributed by atoms with van der Waals surface area (Å²) in [5, 5.41) is 9.04. The maximum absolute atomic E-state index is 13.8. The monoisotopic (exact) mass is 319 g/mol. The smallest absolute Gasteiger partial charge is 0.321 e. The van der Waals surface area contributed by atoms with Crippen molar-refractivity contribution in [2.24, 2.45) is 5.92 Å². The van der Waals surface area contributed by atoms with Gasteiger partial charge in [0, 0.05) is 6.07 Å². The summed E-state index contributed by atoms with van der Waals surface area (Å²) >= 11 is 0. The summed E-state index contributed by atoms with van der Waals surface area (Å²) in [4.78, 5) is 10.5. The molecule has 118 valence electrons. The average molecular weight is 319 g/mol. The number of carbonyl (C=O) groups is 1. The highest BCUT2D eigenvalue weighted by molar-refractivity contribution is 7.89. The molecule has 0 saturated heterocycles. The first-order valence-electron chi connectivity index (χ1n) is 6.26. The number of carboxylic acid groups (broad SMARTS) is 1. The van der Waals surface area contributed by atoms with Gasteiger partial charge in [0.05, 0.1) is 7.11 Å². The van der Waals surface area contributed by atoms with E-state index in [0.717, 1.165) is 12.1 Å². The Labute approximate surface area is 123 Å². The fourth-order valence-corrected chi connectivity index (χ4v) is 3.01. The topological polar surface area (TPSA) is 92.7 Å². The maximum Gasteiger partial charge on any atom is 0.321 e. The van der Waals surface area contributed by atoms with Crippen LogP contribution in [0.25, 0.3) is 0 Å². The maximum atomic E-state index is 13.8. The highest BCUT2D eigenvalue weighted by Crippen LogP contribution is 2.21. The van der Waals surface area contributed by atoms with Crippen LogP contribution >= 0.6 is 0 Å². The minimum absolute atomic E-state index is 0.0329. The van der Waals surface area contributed by atoms with E-state index in [4.69, 9.17) is 9.84 Å². The number of aliphatic carboxylic acids is 1. The molecule has 2 N–H and O–H groups in total. The first-order valence-corrected chi connectivity index (χ1v) is 7.74. The van der Waals surface area contributed by atoms with Crippen molar-refractivity contribution in [3.05, 3.63) is 24.0 Å². The van der Waals surface area contributed by atoms with Crippen LogP contribution in [0.4, 0.5) is 4.39 Å². The second-order valence-electron chi connectivity index (χ2n) is 4.94. The molecule has 0 heterocycles. The first kappa shape index (κ1) is 17.4.